The summed E-state index contributed by atoms with van der Waals surface area (Å²) in [4.78, 5) is 46.5. The van der Waals surface area contributed by atoms with Crippen LogP contribution >= 0.6 is 0 Å². The molecule has 0 unspecified atom stereocenters. The predicted octanol–water partition coefficient (Wildman–Crippen LogP) is 11.4. The average Bonchev–Trinajstić information content (AvgIpc) is 4.14. The summed E-state index contributed by atoms with van der Waals surface area (Å²) in [5.74, 6) is -2.71. The van der Waals surface area contributed by atoms with Gasteiger partial charge in [0.05, 0.1) is 48.8 Å². The Morgan fingerprint density at radius 1 is 0.500 bits per heavy atom. The monoisotopic (exact) mass is 784 g/mol. The van der Waals surface area contributed by atoms with E-state index in [0.29, 0.717) is 24.1 Å². The molecular weight excluding hydrogens is 745 g/mol. The van der Waals surface area contributed by atoms with Crippen molar-refractivity contribution in [2.75, 3.05) is 14.2 Å². The summed E-state index contributed by atoms with van der Waals surface area (Å²) in [5.41, 5.74) is 15.3. The highest BCUT2D eigenvalue weighted by Gasteiger charge is 2.46. The first-order chi connectivity index (χ1) is 29.5. The van der Waals surface area contributed by atoms with Gasteiger partial charge in [0.1, 0.15) is 0 Å². The summed E-state index contributed by atoms with van der Waals surface area (Å²) >= 11 is 0. The Kier molecular flexibility index (Phi) is 9.37. The first-order valence-corrected chi connectivity index (χ1v) is 20.1. The molecule has 0 radical (unpaired) electrons. The van der Waals surface area contributed by atoms with Crippen molar-refractivity contribution >= 4 is 57.3 Å². The Morgan fingerprint density at radius 3 is 1.33 bits per heavy atom. The van der Waals surface area contributed by atoms with E-state index in [1.807, 2.05) is 72.8 Å². The number of ether oxygens (including phenoxy) is 2. The molecule has 0 spiro atoms. The molecule has 292 valence electrons. The molecule has 3 aliphatic rings. The summed E-state index contributed by atoms with van der Waals surface area (Å²) in [7, 11) is 2.74. The van der Waals surface area contributed by atoms with E-state index < -0.39 is 23.8 Å². The fourth-order valence-corrected chi connectivity index (χ4v) is 9.13. The van der Waals surface area contributed by atoms with E-state index in [9.17, 15) is 9.59 Å². The zero-order valence-corrected chi connectivity index (χ0v) is 33.1. The molecule has 0 amide bonds. The molecule has 2 atom stereocenters. The minimum Gasteiger partial charge on any atom is -0.469 e. The largest absolute Gasteiger partial charge is 0.469 e. The van der Waals surface area contributed by atoms with Crippen molar-refractivity contribution in [1.29, 1.82) is 0 Å². The lowest BCUT2D eigenvalue weighted by Gasteiger charge is -2.30. The third kappa shape index (κ3) is 6.25. The quantitative estimate of drug-likeness (QED) is 0.162. The minimum absolute atomic E-state index is 0.384. The van der Waals surface area contributed by atoms with Gasteiger partial charge in [-0.1, -0.05) is 121 Å². The van der Waals surface area contributed by atoms with Gasteiger partial charge in [0, 0.05) is 44.3 Å². The van der Waals surface area contributed by atoms with Crippen molar-refractivity contribution in [3.8, 4) is 44.5 Å². The first kappa shape index (κ1) is 36.7. The number of aromatic nitrogens is 4. The normalized spacial score (nSPS) is 15.7. The summed E-state index contributed by atoms with van der Waals surface area (Å²) in [6.07, 6.45) is 5.05. The van der Waals surface area contributed by atoms with Gasteiger partial charge in [-0.3, -0.25) is 9.59 Å². The molecule has 2 N–H and O–H groups in total. The number of H-pyrrole nitrogens is 2. The van der Waals surface area contributed by atoms with E-state index in [-0.39, 0.29) is 0 Å². The minimum atomic E-state index is -0.968. The fourth-order valence-electron chi connectivity index (χ4n) is 9.13. The summed E-state index contributed by atoms with van der Waals surface area (Å²) in [6, 6.07) is 49.2. The highest BCUT2D eigenvalue weighted by atomic mass is 16.5. The van der Waals surface area contributed by atoms with Crippen LogP contribution in [0.1, 0.15) is 35.6 Å². The van der Waals surface area contributed by atoms with Crippen LogP contribution in [0.15, 0.2) is 146 Å². The van der Waals surface area contributed by atoms with Crippen LogP contribution in [0.2, 0.25) is 0 Å². The van der Waals surface area contributed by atoms with E-state index >= 15 is 0 Å². The van der Waals surface area contributed by atoms with E-state index in [1.54, 1.807) is 0 Å². The zero-order valence-electron chi connectivity index (χ0n) is 33.1. The van der Waals surface area contributed by atoms with Crippen LogP contribution in [0.4, 0.5) is 0 Å². The molecule has 8 heteroatoms. The number of rotatable bonds is 6. The number of benzene rings is 4. The Labute approximate surface area is 346 Å². The molecule has 5 heterocycles. The van der Waals surface area contributed by atoms with Gasteiger partial charge in [0.15, 0.2) is 0 Å². The number of allylic oxidation sites excluding steroid dienone is 1. The van der Waals surface area contributed by atoms with Crippen molar-refractivity contribution in [3.05, 3.63) is 168 Å². The standard InChI is InChI=1S/C52H40N4O4/c1-59-51(57)36-24-23-35-47(48(36)52(58)60-2)50-46(34-21-13-6-14-22-34)42-30-28-40(55-42)44(32-17-9-4-10-18-32)38-26-25-37(53-38)43(31-15-7-3-8-16-31)39-27-29-41(54-39)45(49(35)56-50)33-19-11-5-12-20-33/h3-22,25-30,36,48,54-55H,23-24H2,1-2H3/t36-,48-/m1/s1. The fraction of sp³-hybridized carbons (Fsp3) is 0.115. The second-order valence-electron chi connectivity index (χ2n) is 15.1. The third-order valence-corrected chi connectivity index (χ3v) is 11.8. The Bertz CT molecular complexity index is 3040. The highest BCUT2D eigenvalue weighted by Crippen LogP contribution is 2.52. The first-order valence-electron chi connectivity index (χ1n) is 20.1. The van der Waals surface area contributed by atoms with Gasteiger partial charge in [-0.25, -0.2) is 9.97 Å². The summed E-state index contributed by atoms with van der Waals surface area (Å²) in [5, 5.41) is 0. The van der Waals surface area contributed by atoms with Gasteiger partial charge in [0.25, 0.3) is 0 Å². The maximum absolute atomic E-state index is 14.2. The Balaban J connectivity index is 1.45. The number of methoxy groups -OCH3 is 2. The molecule has 8 bridgehead atoms. The number of fused-ring (bicyclic) bond motifs is 10. The van der Waals surface area contributed by atoms with Crippen LogP contribution in [-0.4, -0.2) is 46.1 Å². The molecule has 0 fully saturated rings. The van der Waals surface area contributed by atoms with Crippen molar-refractivity contribution in [2.24, 2.45) is 11.8 Å². The van der Waals surface area contributed by atoms with Gasteiger partial charge in [-0.15, -0.1) is 0 Å². The number of nitrogens with zero attached hydrogens (tertiary/aromatic N) is 2. The molecule has 60 heavy (non-hydrogen) atoms. The molecule has 1 aliphatic carbocycles. The second-order valence-corrected chi connectivity index (χ2v) is 15.1. The number of aromatic amines is 2. The highest BCUT2D eigenvalue weighted by molar-refractivity contribution is 6.11. The van der Waals surface area contributed by atoms with Crippen LogP contribution in [0.5, 0.6) is 0 Å². The van der Waals surface area contributed by atoms with E-state index in [0.717, 1.165) is 89.2 Å². The van der Waals surface area contributed by atoms with Gasteiger partial charge in [0.2, 0.25) is 0 Å². The Morgan fingerprint density at radius 2 is 0.900 bits per heavy atom. The topological polar surface area (TPSA) is 110 Å². The smallest absolute Gasteiger partial charge is 0.314 e. The number of nitrogens with one attached hydrogen (secondary N) is 2. The molecular formula is C52H40N4O4. The van der Waals surface area contributed by atoms with Crippen molar-refractivity contribution in [1.82, 2.24) is 19.9 Å². The molecule has 3 aromatic heterocycles. The number of carbonyl (C=O) groups excluding carboxylic acids is 2. The van der Waals surface area contributed by atoms with Crippen LogP contribution in [-0.2, 0) is 19.1 Å². The number of carbonyl (C=O) groups is 2. The van der Waals surface area contributed by atoms with Crippen molar-refractivity contribution in [3.63, 3.8) is 0 Å². The maximum atomic E-state index is 14.2. The van der Waals surface area contributed by atoms with Crippen molar-refractivity contribution < 1.29 is 19.1 Å². The van der Waals surface area contributed by atoms with E-state index in [1.165, 1.54) is 14.2 Å². The second kappa shape index (κ2) is 15.3. The summed E-state index contributed by atoms with van der Waals surface area (Å²) < 4.78 is 10.9. The molecule has 8 nitrogen and oxygen atoms in total. The molecule has 7 aromatic rings. The van der Waals surface area contributed by atoms with Crippen LogP contribution in [0.3, 0.4) is 0 Å². The van der Waals surface area contributed by atoms with Gasteiger partial charge < -0.3 is 19.4 Å². The van der Waals surface area contributed by atoms with Crippen LogP contribution in [0, 0.1) is 11.8 Å². The molecule has 2 aliphatic heterocycles. The lowest BCUT2D eigenvalue weighted by atomic mass is 9.72. The lowest BCUT2D eigenvalue weighted by Crippen LogP contribution is -2.35. The number of hydrogen-bond donors (Lipinski definition) is 2. The van der Waals surface area contributed by atoms with Crippen LogP contribution in [0.25, 0.3) is 89.9 Å². The molecule has 0 saturated heterocycles. The van der Waals surface area contributed by atoms with E-state index in [2.05, 4.69) is 94.9 Å². The van der Waals surface area contributed by atoms with Gasteiger partial charge in [-0.2, -0.15) is 0 Å². The molecule has 10 rings (SSSR count). The Hall–Kier alpha value is -7.58. The number of hydrogen-bond acceptors (Lipinski definition) is 6. The molecule has 0 saturated carbocycles. The van der Waals surface area contributed by atoms with Crippen molar-refractivity contribution in [2.45, 2.75) is 12.8 Å². The summed E-state index contributed by atoms with van der Waals surface area (Å²) in [6.45, 7) is 0. The van der Waals surface area contributed by atoms with Crippen LogP contribution < -0.4 is 0 Å². The third-order valence-electron chi connectivity index (χ3n) is 11.8. The van der Waals surface area contributed by atoms with Gasteiger partial charge >= 0.3 is 11.9 Å². The van der Waals surface area contributed by atoms with E-state index in [4.69, 9.17) is 19.4 Å². The van der Waals surface area contributed by atoms with Gasteiger partial charge in [-0.05, 0) is 82.7 Å². The SMILES string of the molecule is COC(=O)[C@H]1C2=C(CC[C@H]1C(=O)OC)c1nc2c(-c2ccccc2)c2ccc([nH]2)c(-c2ccccc2)c2nc(c(-c3ccccc3)c3ccc([nH]3)c1-c1ccccc1)C=C2. The average molecular weight is 785 g/mol. The zero-order chi connectivity index (χ0) is 40.7. The number of esters is 2. The molecule has 4 aromatic carbocycles. The predicted molar refractivity (Wildman–Crippen MR) is 239 cm³/mol. The maximum Gasteiger partial charge on any atom is 0.314 e. The lowest BCUT2D eigenvalue weighted by molar-refractivity contribution is -0.155.